The molecule has 2 aliphatic heterocycles. The van der Waals surface area contributed by atoms with E-state index in [0.717, 1.165) is 23.9 Å². The van der Waals surface area contributed by atoms with Crippen molar-refractivity contribution in [2.24, 2.45) is 10.7 Å². The van der Waals surface area contributed by atoms with E-state index >= 15 is 4.39 Å². The number of pyridine rings is 1. The van der Waals surface area contributed by atoms with Crippen LogP contribution in [0.15, 0.2) is 47.6 Å². The number of thioether (sulfide) groups is 1. The minimum atomic E-state index is -4.55. The Morgan fingerprint density at radius 3 is 2.78 bits per heavy atom. The molecule has 1 fully saturated rings. The summed E-state index contributed by atoms with van der Waals surface area (Å²) in [6.07, 6.45) is -4.09. The molecule has 32 heavy (non-hydrogen) atoms. The highest BCUT2D eigenvalue weighted by Crippen LogP contribution is 2.51. The number of hydrogen-bond acceptors (Lipinski definition) is 6. The topological polar surface area (TPSA) is 89.6 Å². The zero-order chi connectivity index (χ0) is 23.1. The number of halogens is 4. The maximum absolute atomic E-state index is 16.1. The monoisotopic (exact) mass is 468 g/mol. The molecule has 2 aliphatic rings. The van der Waals surface area contributed by atoms with E-state index in [9.17, 15) is 18.0 Å². The van der Waals surface area contributed by atoms with Gasteiger partial charge in [-0.2, -0.15) is 13.2 Å². The molecule has 6 nitrogen and oxygen atoms in total. The fourth-order valence-electron chi connectivity index (χ4n) is 3.95. The highest BCUT2D eigenvalue weighted by molar-refractivity contribution is 8.13. The normalized spacial score (nSPS) is 27.9. The Kier molecular flexibility index (Phi) is 5.66. The molecule has 1 saturated heterocycles. The van der Waals surface area contributed by atoms with Crippen LogP contribution in [0, 0.1) is 0 Å². The number of nitrogens with zero attached hydrogens (tertiary/aromatic N) is 2. The quantitative estimate of drug-likeness (QED) is 0.662. The molecule has 0 unspecified atom stereocenters. The number of benzene rings is 1. The third-order valence-corrected chi connectivity index (χ3v) is 6.59. The summed E-state index contributed by atoms with van der Waals surface area (Å²) in [5.74, 6) is -0.571. The van der Waals surface area contributed by atoms with Crippen LogP contribution in [0.5, 0.6) is 0 Å². The highest BCUT2D eigenvalue weighted by atomic mass is 32.2. The summed E-state index contributed by atoms with van der Waals surface area (Å²) >= 11 is 1.15. The summed E-state index contributed by atoms with van der Waals surface area (Å²) in [5, 5.41) is 2.84. The summed E-state index contributed by atoms with van der Waals surface area (Å²) in [6, 6.07) is 8.25. The highest BCUT2D eigenvalue weighted by Gasteiger charge is 2.59. The second-order valence-corrected chi connectivity index (χ2v) is 8.85. The van der Waals surface area contributed by atoms with E-state index in [0.29, 0.717) is 17.4 Å². The van der Waals surface area contributed by atoms with Gasteiger partial charge in [-0.15, -0.1) is 0 Å². The van der Waals surface area contributed by atoms with Crippen molar-refractivity contribution < 1.29 is 27.1 Å². The van der Waals surface area contributed by atoms with Crippen LogP contribution < -0.4 is 11.1 Å². The molecule has 3 N–H and O–H groups in total. The van der Waals surface area contributed by atoms with Gasteiger partial charge in [0.1, 0.15) is 11.2 Å². The van der Waals surface area contributed by atoms with E-state index in [2.05, 4.69) is 15.3 Å². The summed E-state index contributed by atoms with van der Waals surface area (Å²) < 4.78 is 60.0. The lowest BCUT2D eigenvalue weighted by atomic mass is 9.73. The van der Waals surface area contributed by atoms with Gasteiger partial charge in [-0.3, -0.25) is 9.78 Å². The van der Waals surface area contributed by atoms with Crippen molar-refractivity contribution >= 4 is 28.5 Å². The number of anilines is 1. The van der Waals surface area contributed by atoms with Crippen molar-refractivity contribution in [3.05, 3.63) is 59.4 Å². The molecule has 2 aromatic rings. The molecule has 3 atom stereocenters. The Hall–Kier alpha value is -2.66. The number of rotatable bonds is 3. The largest absolute Gasteiger partial charge is 0.417 e. The predicted octanol–water partition coefficient (Wildman–Crippen LogP) is 4.13. The van der Waals surface area contributed by atoms with Crippen LogP contribution in [0.1, 0.15) is 35.0 Å². The van der Waals surface area contributed by atoms with Crippen molar-refractivity contribution in [3.8, 4) is 0 Å². The molecule has 0 saturated carbocycles. The Labute approximate surface area is 185 Å². The molecule has 170 valence electrons. The SMILES string of the molecule is C[C@H]1C[C@@]2(F)CSC(N)=N[C@@]2(c2cccc(NC(=O)c3ccc(C(F)(F)F)cn3)c2)CO1. The second-order valence-electron chi connectivity index (χ2n) is 7.85. The number of hydrogen-bond donors (Lipinski definition) is 2. The van der Waals surface area contributed by atoms with Crippen LogP contribution in [0.4, 0.5) is 23.2 Å². The predicted molar refractivity (Wildman–Crippen MR) is 113 cm³/mol. The minimum absolute atomic E-state index is 0.0101. The van der Waals surface area contributed by atoms with Gasteiger partial charge in [0.25, 0.3) is 5.91 Å². The fraction of sp³-hybridized carbons (Fsp3) is 0.381. The van der Waals surface area contributed by atoms with E-state index < -0.39 is 28.9 Å². The van der Waals surface area contributed by atoms with Gasteiger partial charge < -0.3 is 15.8 Å². The molecule has 0 aliphatic carbocycles. The molecule has 0 spiro atoms. The summed E-state index contributed by atoms with van der Waals surface area (Å²) in [4.78, 5) is 20.5. The van der Waals surface area contributed by atoms with Crippen LogP contribution in [0.25, 0.3) is 0 Å². The summed E-state index contributed by atoms with van der Waals surface area (Å²) in [7, 11) is 0. The van der Waals surface area contributed by atoms with E-state index in [4.69, 9.17) is 10.5 Å². The lowest BCUT2D eigenvalue weighted by Crippen LogP contribution is -2.60. The van der Waals surface area contributed by atoms with Crippen molar-refractivity contribution in [1.29, 1.82) is 0 Å². The van der Waals surface area contributed by atoms with Crippen LogP contribution in [-0.4, -0.2) is 40.2 Å². The molecular weight excluding hydrogens is 448 g/mol. The van der Waals surface area contributed by atoms with Crippen LogP contribution in [-0.2, 0) is 16.5 Å². The van der Waals surface area contributed by atoms with Gasteiger partial charge in [-0.05, 0) is 36.8 Å². The Morgan fingerprint density at radius 1 is 1.31 bits per heavy atom. The van der Waals surface area contributed by atoms with Gasteiger partial charge in [0, 0.05) is 24.1 Å². The number of alkyl halides is 4. The molecule has 1 aromatic carbocycles. The number of ether oxygens (including phenoxy) is 1. The van der Waals surface area contributed by atoms with Gasteiger partial charge in [0.15, 0.2) is 10.8 Å². The Morgan fingerprint density at radius 2 is 2.09 bits per heavy atom. The van der Waals surface area contributed by atoms with Crippen molar-refractivity contribution in [2.75, 3.05) is 17.7 Å². The van der Waals surface area contributed by atoms with Crippen LogP contribution >= 0.6 is 11.8 Å². The third-order valence-electron chi connectivity index (χ3n) is 5.60. The number of carbonyl (C=O) groups excluding carboxylic acids is 1. The Balaban J connectivity index is 1.62. The lowest BCUT2D eigenvalue weighted by molar-refractivity contribution is -0.137. The maximum Gasteiger partial charge on any atom is 0.417 e. The first-order valence-corrected chi connectivity index (χ1v) is 10.7. The smallest absolute Gasteiger partial charge is 0.379 e. The van der Waals surface area contributed by atoms with Gasteiger partial charge >= 0.3 is 6.18 Å². The third kappa shape index (κ3) is 4.06. The number of aliphatic imine (C=N–C) groups is 1. The average molecular weight is 468 g/mol. The van der Waals surface area contributed by atoms with Crippen molar-refractivity contribution in [2.45, 2.75) is 36.8 Å². The zero-order valence-electron chi connectivity index (χ0n) is 16.9. The molecule has 1 amide bonds. The molecule has 11 heteroatoms. The molecule has 1 aromatic heterocycles. The van der Waals surface area contributed by atoms with E-state index in [-0.39, 0.29) is 35.7 Å². The number of fused-ring (bicyclic) bond motifs is 1. The maximum atomic E-state index is 16.1. The van der Waals surface area contributed by atoms with Crippen molar-refractivity contribution in [3.63, 3.8) is 0 Å². The molecular formula is C21H20F4N4O2S. The molecule has 4 rings (SSSR count). The first kappa shape index (κ1) is 22.5. The van der Waals surface area contributed by atoms with E-state index in [1.165, 1.54) is 0 Å². The minimum Gasteiger partial charge on any atom is -0.379 e. The average Bonchev–Trinajstić information content (AvgIpc) is 2.74. The van der Waals surface area contributed by atoms with Crippen LogP contribution in [0.3, 0.4) is 0 Å². The van der Waals surface area contributed by atoms with Gasteiger partial charge in [-0.25, -0.2) is 9.38 Å². The van der Waals surface area contributed by atoms with E-state index in [1.807, 2.05) is 0 Å². The number of nitrogens with two attached hydrogens (primary N) is 1. The number of amidine groups is 1. The summed E-state index contributed by atoms with van der Waals surface area (Å²) in [5.41, 5.74) is 2.53. The van der Waals surface area contributed by atoms with Crippen LogP contribution in [0.2, 0.25) is 0 Å². The van der Waals surface area contributed by atoms with Gasteiger partial charge in [0.2, 0.25) is 0 Å². The first-order valence-electron chi connectivity index (χ1n) is 9.76. The number of nitrogens with one attached hydrogen (secondary N) is 1. The number of amides is 1. The molecule has 3 heterocycles. The lowest BCUT2D eigenvalue weighted by Gasteiger charge is -2.49. The van der Waals surface area contributed by atoms with E-state index in [1.54, 1.807) is 31.2 Å². The standard InChI is InChI=1S/C21H20F4N4O2S/c1-12-8-19(22)11-32-18(26)29-20(19,10-31-12)13-3-2-4-15(7-13)28-17(30)16-6-5-14(9-27-16)21(23,24)25/h2-7,9,12H,8,10-11H2,1H3,(H2,26,29)(H,28,30)/t12-,19+,20+/m0/s1. The number of carbonyl (C=O) groups is 1. The molecule has 0 radical (unpaired) electrons. The van der Waals surface area contributed by atoms with Gasteiger partial charge in [0.05, 0.1) is 18.3 Å². The van der Waals surface area contributed by atoms with Crippen molar-refractivity contribution in [1.82, 2.24) is 4.98 Å². The first-order chi connectivity index (χ1) is 15.0. The molecule has 0 bridgehead atoms. The second kappa shape index (κ2) is 8.04. The summed E-state index contributed by atoms with van der Waals surface area (Å²) in [6.45, 7) is 1.79. The van der Waals surface area contributed by atoms with Gasteiger partial charge in [-0.1, -0.05) is 23.9 Å². The Bertz CT molecular complexity index is 1060. The number of aromatic nitrogens is 1. The zero-order valence-corrected chi connectivity index (χ0v) is 17.8. The fourth-order valence-corrected chi connectivity index (χ4v) is 4.90.